The molecule has 0 radical (unpaired) electrons. The van der Waals surface area contributed by atoms with Crippen LogP contribution >= 0.6 is 0 Å². The Kier molecular flexibility index (Phi) is 8.64. The van der Waals surface area contributed by atoms with Crippen LogP contribution in [0.15, 0.2) is 0 Å². The van der Waals surface area contributed by atoms with Crippen LogP contribution in [0.1, 0.15) is 41.0 Å². The molecule has 0 saturated carbocycles. The predicted molar refractivity (Wildman–Crippen MR) is 36.2 cm³/mol. The van der Waals surface area contributed by atoms with E-state index in [0.717, 1.165) is 0 Å². The summed E-state index contributed by atoms with van der Waals surface area (Å²) < 4.78 is 0. The summed E-state index contributed by atoms with van der Waals surface area (Å²) in [5.41, 5.74) is 0. The molecule has 0 atom stereocenters. The summed E-state index contributed by atoms with van der Waals surface area (Å²) in [6.07, 6.45) is 2.49. The Hall–Kier alpha value is 0. The molecule has 0 aliphatic carbocycles. The minimum Gasteiger partial charge on any atom is -0.317 e. The van der Waals surface area contributed by atoms with Crippen LogP contribution in [0, 0.1) is 5.92 Å². The van der Waals surface area contributed by atoms with Crippen molar-refractivity contribution in [1.82, 2.24) is 0 Å². The third-order valence-electron chi connectivity index (χ3n) is 1.21. The summed E-state index contributed by atoms with van der Waals surface area (Å²) in [5, 5.41) is 0. The predicted octanol–water partition coefficient (Wildman–Crippen LogP) is 3.04. The molecule has 0 aromatic carbocycles. The van der Waals surface area contributed by atoms with E-state index in [1.807, 2.05) is 0 Å². The molecule has 0 fully saturated rings. The van der Waals surface area contributed by atoms with Gasteiger partial charge in [-0.2, -0.15) is 19.8 Å². The zero-order valence-corrected chi connectivity index (χ0v) is 4.91. The first-order chi connectivity index (χ1) is 2.81. The second-order valence-electron chi connectivity index (χ2n) is 1.66. The Labute approximate surface area is 47.9 Å². The summed E-state index contributed by atoms with van der Waals surface area (Å²) in [6, 6.07) is 0. The van der Waals surface area contributed by atoms with Crippen molar-refractivity contribution in [2.24, 2.45) is 0 Å². The van der Waals surface area contributed by atoms with Gasteiger partial charge in [0.1, 0.15) is 0 Å². The van der Waals surface area contributed by atoms with Gasteiger partial charge in [0.2, 0.25) is 0 Å². The first kappa shape index (κ1) is 10.1. The Balaban J connectivity index is 0. The van der Waals surface area contributed by atoms with Crippen molar-refractivity contribution in [2.45, 2.75) is 41.0 Å². The van der Waals surface area contributed by atoms with Crippen LogP contribution in [0.3, 0.4) is 0 Å². The van der Waals surface area contributed by atoms with E-state index < -0.39 is 0 Å². The Morgan fingerprint density at radius 1 is 1.14 bits per heavy atom. The molecule has 0 bridgehead atoms. The van der Waals surface area contributed by atoms with Gasteiger partial charge >= 0.3 is 0 Å². The second kappa shape index (κ2) is 6.00. The minimum atomic E-state index is 0. The summed E-state index contributed by atoms with van der Waals surface area (Å²) in [7, 11) is 0. The van der Waals surface area contributed by atoms with Gasteiger partial charge in [0.15, 0.2) is 0 Å². The molecule has 0 unspecified atom stereocenters. The molecule has 0 heteroatoms. The average molecular weight is 101 g/mol. The Morgan fingerprint density at radius 3 is 1.43 bits per heavy atom. The molecule has 0 heterocycles. The smallest absolute Gasteiger partial charge is 0.0776 e. The maximum absolute atomic E-state index is 2.19. The summed E-state index contributed by atoms with van der Waals surface area (Å²) >= 11 is 0. The van der Waals surface area contributed by atoms with E-state index in [0.29, 0.717) is 0 Å². The van der Waals surface area contributed by atoms with E-state index in [1.54, 1.807) is 5.92 Å². The van der Waals surface area contributed by atoms with Crippen LogP contribution in [0.5, 0.6) is 0 Å². The van der Waals surface area contributed by atoms with Crippen LogP contribution in [-0.4, -0.2) is 0 Å². The average Bonchev–Trinajstić information content (AvgIpc) is 1.65. The van der Waals surface area contributed by atoms with Crippen molar-refractivity contribution in [3.05, 3.63) is 5.92 Å². The lowest BCUT2D eigenvalue weighted by Crippen LogP contribution is -1.81. The summed E-state index contributed by atoms with van der Waals surface area (Å²) in [4.78, 5) is 0. The molecule has 0 aliphatic heterocycles. The van der Waals surface area contributed by atoms with Gasteiger partial charge in [-0.3, -0.25) is 0 Å². The topological polar surface area (TPSA) is 0 Å². The van der Waals surface area contributed by atoms with Gasteiger partial charge in [-0.05, 0) is 0 Å². The highest BCUT2D eigenvalue weighted by Gasteiger charge is 1.71. The lowest BCUT2D eigenvalue weighted by atomic mass is 10.1. The number of hydrogen-bond acceptors (Lipinski definition) is 0. The van der Waals surface area contributed by atoms with Crippen molar-refractivity contribution in [3.63, 3.8) is 0 Å². The quantitative estimate of drug-likeness (QED) is 0.469. The van der Waals surface area contributed by atoms with Gasteiger partial charge in [0.25, 0.3) is 0 Å². The van der Waals surface area contributed by atoms with E-state index >= 15 is 0 Å². The molecule has 0 amide bonds. The molecule has 0 aromatic rings. The van der Waals surface area contributed by atoms with Crippen LogP contribution in [0.2, 0.25) is 0 Å². The number of hydrogen-bond donors (Lipinski definition) is 0. The minimum absolute atomic E-state index is 0. The maximum Gasteiger partial charge on any atom is -0.0776 e. The van der Waals surface area contributed by atoms with E-state index in [2.05, 4.69) is 20.8 Å². The van der Waals surface area contributed by atoms with Crippen LogP contribution < -0.4 is 0 Å². The molecule has 0 saturated heterocycles. The lowest BCUT2D eigenvalue weighted by Gasteiger charge is -2.16. The molecule has 0 aliphatic rings. The SMILES string of the molecule is C.CC[C-](C)CC. The molecule has 7 heavy (non-hydrogen) atoms. The van der Waals surface area contributed by atoms with E-state index in [1.165, 1.54) is 12.8 Å². The number of rotatable bonds is 2. The van der Waals surface area contributed by atoms with Gasteiger partial charge in [-0.25, -0.2) is 0 Å². The molecule has 0 N–H and O–H groups in total. The second-order valence-corrected chi connectivity index (χ2v) is 1.66. The van der Waals surface area contributed by atoms with Crippen molar-refractivity contribution in [1.29, 1.82) is 0 Å². The van der Waals surface area contributed by atoms with Crippen LogP contribution in [-0.2, 0) is 0 Å². The summed E-state index contributed by atoms with van der Waals surface area (Å²) in [6.45, 7) is 6.58. The van der Waals surface area contributed by atoms with Crippen LogP contribution in [0.4, 0.5) is 0 Å². The first-order valence-electron chi connectivity index (χ1n) is 2.62. The maximum atomic E-state index is 2.19. The Morgan fingerprint density at radius 2 is 1.43 bits per heavy atom. The molecular formula is C7H17-. The van der Waals surface area contributed by atoms with Gasteiger partial charge in [0, 0.05) is 0 Å². The zero-order chi connectivity index (χ0) is 4.99. The normalized spacial score (nSPS) is 8.57. The molecular weight excluding hydrogens is 84.1 g/mol. The van der Waals surface area contributed by atoms with E-state index in [9.17, 15) is 0 Å². The van der Waals surface area contributed by atoms with Crippen LogP contribution in [0.25, 0.3) is 0 Å². The van der Waals surface area contributed by atoms with Gasteiger partial charge in [-0.15, -0.1) is 0 Å². The first-order valence-corrected chi connectivity index (χ1v) is 2.62. The Bertz CT molecular complexity index is 19.2. The largest absolute Gasteiger partial charge is 0.317 e. The lowest BCUT2D eigenvalue weighted by molar-refractivity contribution is 0.819. The summed E-state index contributed by atoms with van der Waals surface area (Å²) in [5.74, 6) is 1.59. The molecule has 0 spiro atoms. The highest BCUT2D eigenvalue weighted by Crippen LogP contribution is 2.05. The molecule has 0 nitrogen and oxygen atoms in total. The highest BCUT2D eigenvalue weighted by molar-refractivity contribution is 4.78. The molecule has 0 aromatic heterocycles. The van der Waals surface area contributed by atoms with Gasteiger partial charge < -0.3 is 5.92 Å². The third-order valence-corrected chi connectivity index (χ3v) is 1.21. The fraction of sp³-hybridized carbons (Fsp3) is 0.857. The standard InChI is InChI=1S/C6H13.CH4/c1-4-6(3)5-2;/h4-5H2,1-3H3;1H4/q-1;. The van der Waals surface area contributed by atoms with Gasteiger partial charge in [-0.1, -0.05) is 21.3 Å². The van der Waals surface area contributed by atoms with Crippen molar-refractivity contribution < 1.29 is 0 Å². The third kappa shape index (κ3) is 6.00. The van der Waals surface area contributed by atoms with Crippen molar-refractivity contribution >= 4 is 0 Å². The van der Waals surface area contributed by atoms with E-state index in [4.69, 9.17) is 0 Å². The highest BCUT2D eigenvalue weighted by atomic mass is 13.9. The van der Waals surface area contributed by atoms with Gasteiger partial charge in [0.05, 0.1) is 0 Å². The zero-order valence-electron chi connectivity index (χ0n) is 4.91. The van der Waals surface area contributed by atoms with Crippen molar-refractivity contribution in [3.8, 4) is 0 Å². The molecule has 46 valence electrons. The fourth-order valence-corrected chi connectivity index (χ4v) is 0.250. The monoisotopic (exact) mass is 101 g/mol. The molecule has 0 rings (SSSR count). The van der Waals surface area contributed by atoms with E-state index in [-0.39, 0.29) is 7.43 Å². The fourth-order valence-electron chi connectivity index (χ4n) is 0.250. The van der Waals surface area contributed by atoms with Crippen molar-refractivity contribution in [2.75, 3.05) is 0 Å².